The number of nitrogens with zero attached hydrogens (tertiary/aromatic N) is 2. The number of aryl methyl sites for hydroxylation is 1. The van der Waals surface area contributed by atoms with Gasteiger partial charge in [0.05, 0.1) is 12.2 Å². The van der Waals surface area contributed by atoms with Gasteiger partial charge in [0.1, 0.15) is 0 Å². The Morgan fingerprint density at radius 1 is 1.39 bits per heavy atom. The van der Waals surface area contributed by atoms with Gasteiger partial charge in [0.25, 0.3) is 0 Å². The molecule has 0 amide bonds. The highest BCUT2D eigenvalue weighted by Crippen LogP contribution is 2.24. The number of likely N-dealkylation sites (tertiary alicyclic amines) is 1. The summed E-state index contributed by atoms with van der Waals surface area (Å²) in [6, 6.07) is 0.748. The summed E-state index contributed by atoms with van der Waals surface area (Å²) in [6.45, 7) is 7.90. The van der Waals surface area contributed by atoms with Crippen molar-refractivity contribution < 1.29 is 9.53 Å². The Morgan fingerprint density at radius 2 is 2.09 bits per heavy atom. The number of thiophene rings is 1. The van der Waals surface area contributed by atoms with Gasteiger partial charge in [0, 0.05) is 16.3 Å². The largest absolute Gasteiger partial charge is 0.462 e. The van der Waals surface area contributed by atoms with Gasteiger partial charge in [-0.15, -0.1) is 11.3 Å². The molecule has 4 nitrogen and oxygen atoms in total. The topological polar surface area (TPSA) is 32.8 Å². The lowest BCUT2D eigenvalue weighted by Crippen LogP contribution is -2.42. The number of rotatable bonds is 7. The van der Waals surface area contributed by atoms with Crippen molar-refractivity contribution in [2.45, 2.75) is 45.6 Å². The van der Waals surface area contributed by atoms with Crippen LogP contribution in [0.25, 0.3) is 0 Å². The van der Waals surface area contributed by atoms with Crippen LogP contribution < -0.4 is 0 Å². The monoisotopic (exact) mass is 338 g/mol. The van der Waals surface area contributed by atoms with Crippen LogP contribution in [-0.2, 0) is 11.2 Å². The molecule has 0 aliphatic carbocycles. The summed E-state index contributed by atoms with van der Waals surface area (Å²) in [7, 11) is 4.36. The first-order valence-electron chi connectivity index (χ1n) is 8.65. The zero-order valence-corrected chi connectivity index (χ0v) is 15.7. The van der Waals surface area contributed by atoms with E-state index in [0.29, 0.717) is 6.61 Å². The molecule has 0 unspecified atom stereocenters. The Bertz CT molecular complexity index is 505. The van der Waals surface area contributed by atoms with Gasteiger partial charge in [0.15, 0.2) is 0 Å². The third-order valence-electron chi connectivity index (χ3n) is 4.80. The first-order valence-corrected chi connectivity index (χ1v) is 9.53. The molecule has 0 aromatic carbocycles. The van der Waals surface area contributed by atoms with Crippen LogP contribution in [-0.4, -0.2) is 62.1 Å². The number of ether oxygens (including phenoxy) is 1. The first kappa shape index (κ1) is 18.4. The van der Waals surface area contributed by atoms with E-state index in [0.717, 1.165) is 36.6 Å². The van der Waals surface area contributed by atoms with E-state index >= 15 is 0 Å². The van der Waals surface area contributed by atoms with Gasteiger partial charge in [0.2, 0.25) is 0 Å². The molecule has 5 heteroatoms. The number of carbonyl (C=O) groups excluding carboxylic acids is 1. The summed E-state index contributed by atoms with van der Waals surface area (Å²) in [5.74, 6) is -0.182. The van der Waals surface area contributed by atoms with Crippen LogP contribution in [0.5, 0.6) is 0 Å². The molecule has 130 valence electrons. The highest BCUT2D eigenvalue weighted by Gasteiger charge is 2.20. The van der Waals surface area contributed by atoms with E-state index in [2.05, 4.69) is 23.9 Å². The molecular formula is C18H30N2O2S. The molecule has 1 fully saturated rings. The standard InChI is InChI=1S/C18H30N2O2S/c1-5-22-18(21)16-13-23-17(14(16)2)7-6-10-20-11-8-15(9-12-20)19(3)4/h13,15H,5-12H2,1-4H3. The fraction of sp³-hybridized carbons (Fsp3) is 0.722. The average molecular weight is 339 g/mol. The van der Waals surface area contributed by atoms with E-state index in [4.69, 9.17) is 4.74 Å². The lowest BCUT2D eigenvalue weighted by atomic mass is 10.0. The Hall–Kier alpha value is -0.910. The van der Waals surface area contributed by atoms with Gasteiger partial charge in [-0.1, -0.05) is 0 Å². The highest BCUT2D eigenvalue weighted by atomic mass is 32.1. The Kier molecular flexibility index (Phi) is 7.06. The number of hydrogen-bond donors (Lipinski definition) is 0. The van der Waals surface area contributed by atoms with Crippen molar-refractivity contribution in [2.75, 3.05) is 40.3 Å². The third kappa shape index (κ3) is 5.03. The molecule has 0 spiro atoms. The van der Waals surface area contributed by atoms with Crippen molar-refractivity contribution in [1.82, 2.24) is 9.80 Å². The second kappa shape index (κ2) is 8.81. The molecule has 2 heterocycles. The van der Waals surface area contributed by atoms with Gasteiger partial charge < -0.3 is 14.5 Å². The summed E-state index contributed by atoms with van der Waals surface area (Å²) in [5.41, 5.74) is 1.86. The summed E-state index contributed by atoms with van der Waals surface area (Å²) in [4.78, 5) is 18.1. The lowest BCUT2D eigenvalue weighted by molar-refractivity contribution is 0.0526. The molecule has 1 saturated heterocycles. The van der Waals surface area contributed by atoms with Crippen molar-refractivity contribution in [3.8, 4) is 0 Å². The fourth-order valence-corrected chi connectivity index (χ4v) is 4.32. The maximum Gasteiger partial charge on any atom is 0.339 e. The van der Waals surface area contributed by atoms with Gasteiger partial charge in [-0.25, -0.2) is 4.79 Å². The molecule has 1 aromatic heterocycles. The van der Waals surface area contributed by atoms with Crippen LogP contribution in [0.2, 0.25) is 0 Å². The number of esters is 1. The van der Waals surface area contributed by atoms with E-state index in [-0.39, 0.29) is 5.97 Å². The molecule has 23 heavy (non-hydrogen) atoms. The van der Waals surface area contributed by atoms with E-state index in [9.17, 15) is 4.79 Å². The molecular weight excluding hydrogens is 308 g/mol. The van der Waals surface area contributed by atoms with Gasteiger partial charge >= 0.3 is 5.97 Å². The Labute approximate surface area is 144 Å². The summed E-state index contributed by atoms with van der Waals surface area (Å²) in [6.07, 6.45) is 4.77. The normalized spacial score (nSPS) is 16.9. The van der Waals surface area contributed by atoms with Crippen LogP contribution in [0.4, 0.5) is 0 Å². The average Bonchev–Trinajstić information content (AvgIpc) is 2.89. The Balaban J connectivity index is 1.76. The van der Waals surface area contributed by atoms with E-state index in [1.165, 1.54) is 30.8 Å². The second-order valence-corrected chi connectivity index (χ2v) is 7.52. The van der Waals surface area contributed by atoms with Crippen LogP contribution in [0.3, 0.4) is 0 Å². The number of carbonyl (C=O) groups is 1. The molecule has 0 bridgehead atoms. The molecule has 1 aliphatic heterocycles. The van der Waals surface area contributed by atoms with Crippen LogP contribution in [0, 0.1) is 6.92 Å². The van der Waals surface area contributed by atoms with Crippen LogP contribution >= 0.6 is 11.3 Å². The molecule has 0 radical (unpaired) electrons. The summed E-state index contributed by atoms with van der Waals surface area (Å²) >= 11 is 1.70. The zero-order valence-electron chi connectivity index (χ0n) is 14.9. The van der Waals surface area contributed by atoms with Crippen molar-refractivity contribution in [2.24, 2.45) is 0 Å². The van der Waals surface area contributed by atoms with E-state index in [1.54, 1.807) is 11.3 Å². The van der Waals surface area contributed by atoms with Gasteiger partial charge in [-0.05, 0) is 78.8 Å². The summed E-state index contributed by atoms with van der Waals surface area (Å²) < 4.78 is 5.11. The molecule has 0 N–H and O–H groups in total. The van der Waals surface area contributed by atoms with Crippen molar-refractivity contribution in [3.05, 3.63) is 21.4 Å². The maximum absolute atomic E-state index is 11.9. The minimum Gasteiger partial charge on any atom is -0.462 e. The zero-order chi connectivity index (χ0) is 16.8. The molecule has 0 saturated carbocycles. The maximum atomic E-state index is 11.9. The van der Waals surface area contributed by atoms with E-state index < -0.39 is 0 Å². The third-order valence-corrected chi connectivity index (χ3v) is 5.95. The first-order chi connectivity index (χ1) is 11.0. The van der Waals surface area contributed by atoms with Crippen molar-refractivity contribution in [3.63, 3.8) is 0 Å². The predicted molar refractivity (Wildman–Crippen MR) is 96.5 cm³/mol. The fourth-order valence-electron chi connectivity index (χ4n) is 3.24. The molecule has 1 aromatic rings. The molecule has 1 aliphatic rings. The summed E-state index contributed by atoms with van der Waals surface area (Å²) in [5, 5.41) is 1.95. The molecule has 2 rings (SSSR count). The van der Waals surface area contributed by atoms with Gasteiger partial charge in [-0.3, -0.25) is 0 Å². The number of piperidine rings is 1. The van der Waals surface area contributed by atoms with Gasteiger partial charge in [-0.2, -0.15) is 0 Å². The SMILES string of the molecule is CCOC(=O)c1csc(CCCN2CCC(N(C)C)CC2)c1C. The van der Waals surface area contributed by atoms with E-state index in [1.807, 2.05) is 19.2 Å². The minimum atomic E-state index is -0.182. The van der Waals surface area contributed by atoms with Crippen LogP contribution in [0.15, 0.2) is 5.38 Å². The second-order valence-electron chi connectivity index (χ2n) is 6.56. The lowest BCUT2D eigenvalue weighted by Gasteiger charge is -2.35. The van der Waals surface area contributed by atoms with Crippen LogP contribution in [0.1, 0.15) is 47.0 Å². The number of hydrogen-bond acceptors (Lipinski definition) is 5. The quantitative estimate of drug-likeness (QED) is 0.715. The van der Waals surface area contributed by atoms with Crippen molar-refractivity contribution in [1.29, 1.82) is 0 Å². The highest BCUT2D eigenvalue weighted by molar-refractivity contribution is 7.10. The van der Waals surface area contributed by atoms with Crippen molar-refractivity contribution >= 4 is 17.3 Å². The Morgan fingerprint density at radius 3 is 2.70 bits per heavy atom. The minimum absolute atomic E-state index is 0.182. The smallest absolute Gasteiger partial charge is 0.339 e. The molecule has 0 atom stereocenters. The predicted octanol–water partition coefficient (Wildman–Crippen LogP) is 3.19.